The van der Waals surface area contributed by atoms with Gasteiger partial charge in [-0.25, -0.2) is 0 Å². The van der Waals surface area contributed by atoms with E-state index in [4.69, 9.17) is 0 Å². The van der Waals surface area contributed by atoms with Crippen molar-refractivity contribution in [3.63, 3.8) is 0 Å². The number of nitrogens with zero attached hydrogens (tertiary/aromatic N) is 1. The first-order valence-electron chi connectivity index (χ1n) is 7.92. The first-order valence-corrected chi connectivity index (χ1v) is 11.4. The van der Waals surface area contributed by atoms with Gasteiger partial charge in [0.1, 0.15) is 8.07 Å². The van der Waals surface area contributed by atoms with E-state index in [9.17, 15) is 0 Å². The van der Waals surface area contributed by atoms with Gasteiger partial charge < -0.3 is 0 Å². The van der Waals surface area contributed by atoms with E-state index in [1.807, 2.05) is 0 Å². The van der Waals surface area contributed by atoms with Crippen molar-refractivity contribution >= 4 is 8.07 Å². The Morgan fingerprint density at radius 1 is 0.909 bits per heavy atom. The molecule has 0 N–H and O–H groups in total. The summed E-state index contributed by atoms with van der Waals surface area (Å²) in [5.41, 5.74) is 6.29. The fraction of sp³-hybridized carbons (Fsp3) is 0.300. The van der Waals surface area contributed by atoms with Crippen molar-refractivity contribution < 1.29 is 0 Å². The third kappa shape index (κ3) is 3.68. The van der Waals surface area contributed by atoms with Gasteiger partial charge in [0.05, 0.1) is 12.1 Å². The topological polar surface area (TPSA) is 3.01 Å². The SMILES string of the molecule is C[Si](C)(C)C#C[C@@H]1[C@H](c2ccccc2)N1Cc1ccccc1. The highest BCUT2D eigenvalue weighted by Gasteiger charge is 2.47. The Labute approximate surface area is 135 Å². The highest BCUT2D eigenvalue weighted by molar-refractivity contribution is 6.83. The van der Waals surface area contributed by atoms with Crippen LogP contribution in [0.2, 0.25) is 19.6 Å². The van der Waals surface area contributed by atoms with Crippen molar-refractivity contribution in [3.05, 3.63) is 71.8 Å². The molecule has 1 fully saturated rings. The average Bonchev–Trinajstić information content (AvgIpc) is 3.19. The number of benzene rings is 2. The molecule has 2 aromatic rings. The molecule has 2 heteroatoms. The van der Waals surface area contributed by atoms with E-state index in [2.05, 4.69) is 96.7 Å². The van der Waals surface area contributed by atoms with Gasteiger partial charge in [0.2, 0.25) is 0 Å². The second-order valence-corrected chi connectivity index (χ2v) is 11.7. The molecule has 1 aliphatic rings. The second kappa shape index (κ2) is 6.12. The lowest BCUT2D eigenvalue weighted by Gasteiger charge is -2.04. The van der Waals surface area contributed by atoms with Gasteiger partial charge in [-0.3, -0.25) is 4.90 Å². The highest BCUT2D eigenvalue weighted by atomic mass is 28.3. The first-order chi connectivity index (χ1) is 10.5. The number of hydrogen-bond donors (Lipinski definition) is 0. The van der Waals surface area contributed by atoms with Crippen LogP contribution in [0, 0.1) is 11.5 Å². The molecule has 0 spiro atoms. The van der Waals surface area contributed by atoms with Gasteiger partial charge in [0.15, 0.2) is 0 Å². The Hall–Kier alpha value is -1.82. The molecule has 0 bridgehead atoms. The van der Waals surface area contributed by atoms with Crippen molar-refractivity contribution in [3.8, 4) is 11.5 Å². The van der Waals surface area contributed by atoms with Gasteiger partial charge in [-0.15, -0.1) is 5.54 Å². The van der Waals surface area contributed by atoms with Crippen molar-refractivity contribution in [2.24, 2.45) is 0 Å². The summed E-state index contributed by atoms with van der Waals surface area (Å²) >= 11 is 0. The van der Waals surface area contributed by atoms with Crippen LogP contribution in [-0.4, -0.2) is 19.0 Å². The van der Waals surface area contributed by atoms with Crippen LogP contribution in [0.5, 0.6) is 0 Å². The molecule has 1 saturated heterocycles. The molecule has 0 aliphatic carbocycles. The van der Waals surface area contributed by atoms with Crippen molar-refractivity contribution in [1.82, 2.24) is 4.90 Å². The Kier molecular flexibility index (Phi) is 4.20. The van der Waals surface area contributed by atoms with Crippen LogP contribution < -0.4 is 0 Å². The zero-order valence-corrected chi connectivity index (χ0v) is 14.6. The molecule has 0 aromatic heterocycles. The van der Waals surface area contributed by atoms with Gasteiger partial charge in [-0.1, -0.05) is 86.2 Å². The van der Waals surface area contributed by atoms with Gasteiger partial charge in [-0.05, 0) is 11.1 Å². The number of rotatable bonds is 3. The van der Waals surface area contributed by atoms with E-state index >= 15 is 0 Å². The summed E-state index contributed by atoms with van der Waals surface area (Å²) in [5, 5.41) is 0. The summed E-state index contributed by atoms with van der Waals surface area (Å²) in [4.78, 5) is 2.50. The predicted molar refractivity (Wildman–Crippen MR) is 96.1 cm³/mol. The van der Waals surface area contributed by atoms with Crippen molar-refractivity contribution in [1.29, 1.82) is 0 Å². The second-order valence-electron chi connectivity index (χ2n) is 6.98. The summed E-state index contributed by atoms with van der Waals surface area (Å²) in [5.74, 6) is 3.55. The maximum Gasteiger partial charge on any atom is 0.129 e. The largest absolute Gasteiger partial charge is 0.274 e. The van der Waals surface area contributed by atoms with E-state index in [1.54, 1.807) is 0 Å². The average molecular weight is 305 g/mol. The van der Waals surface area contributed by atoms with Crippen LogP contribution in [0.1, 0.15) is 17.2 Å². The van der Waals surface area contributed by atoms with Gasteiger partial charge >= 0.3 is 0 Å². The highest BCUT2D eigenvalue weighted by Crippen LogP contribution is 2.43. The van der Waals surface area contributed by atoms with E-state index in [0.29, 0.717) is 12.1 Å². The lowest BCUT2D eigenvalue weighted by atomic mass is 10.1. The van der Waals surface area contributed by atoms with Crippen LogP contribution in [-0.2, 0) is 6.54 Å². The van der Waals surface area contributed by atoms with Gasteiger partial charge in [-0.2, -0.15) is 0 Å². The van der Waals surface area contributed by atoms with Gasteiger partial charge in [0.25, 0.3) is 0 Å². The molecule has 22 heavy (non-hydrogen) atoms. The lowest BCUT2D eigenvalue weighted by molar-refractivity contribution is 0.495. The standard InChI is InChI=1S/C20H23NSi/c1-22(2,3)15-14-19-20(18-12-8-5-9-13-18)21(19)16-17-10-6-4-7-11-17/h4-13,19-20H,16H2,1-3H3/t19-,20+,21?/m1/s1. The summed E-state index contributed by atoms with van der Waals surface area (Å²) in [6.45, 7) is 7.90. The summed E-state index contributed by atoms with van der Waals surface area (Å²) in [6, 6.07) is 22.3. The minimum absolute atomic E-state index is 0.370. The maximum absolute atomic E-state index is 3.55. The third-order valence-corrected chi connectivity index (χ3v) is 4.76. The molecule has 2 aromatic carbocycles. The molecule has 3 atom stereocenters. The molecule has 112 valence electrons. The summed E-state index contributed by atoms with van der Waals surface area (Å²) in [7, 11) is -1.32. The molecule has 1 unspecified atom stereocenters. The quantitative estimate of drug-likeness (QED) is 0.458. The van der Waals surface area contributed by atoms with Gasteiger partial charge in [0, 0.05) is 6.54 Å². The maximum atomic E-state index is 3.55. The van der Waals surface area contributed by atoms with E-state index in [0.717, 1.165) is 6.54 Å². The zero-order valence-electron chi connectivity index (χ0n) is 13.6. The minimum atomic E-state index is -1.32. The third-order valence-electron chi connectivity index (χ3n) is 3.87. The van der Waals surface area contributed by atoms with Crippen molar-refractivity contribution in [2.45, 2.75) is 38.3 Å². The minimum Gasteiger partial charge on any atom is -0.274 e. The fourth-order valence-corrected chi connectivity index (χ4v) is 3.32. The number of hydrogen-bond acceptors (Lipinski definition) is 1. The molecule has 1 aliphatic heterocycles. The van der Waals surface area contributed by atoms with Crippen LogP contribution in [0.15, 0.2) is 60.7 Å². The summed E-state index contributed by atoms with van der Waals surface area (Å²) in [6.07, 6.45) is 0. The van der Waals surface area contributed by atoms with Crippen LogP contribution in [0.3, 0.4) is 0 Å². The monoisotopic (exact) mass is 305 g/mol. The Morgan fingerprint density at radius 2 is 1.50 bits per heavy atom. The fourth-order valence-electron chi connectivity index (χ4n) is 2.74. The Morgan fingerprint density at radius 3 is 2.09 bits per heavy atom. The van der Waals surface area contributed by atoms with Crippen LogP contribution in [0.4, 0.5) is 0 Å². The van der Waals surface area contributed by atoms with Crippen LogP contribution >= 0.6 is 0 Å². The molecule has 1 heterocycles. The first kappa shape index (κ1) is 15.1. The van der Waals surface area contributed by atoms with Crippen LogP contribution in [0.25, 0.3) is 0 Å². The van der Waals surface area contributed by atoms with Crippen molar-refractivity contribution in [2.75, 3.05) is 0 Å². The lowest BCUT2D eigenvalue weighted by Crippen LogP contribution is -2.17. The molecular formula is C20H23NSi. The molecular weight excluding hydrogens is 282 g/mol. The predicted octanol–water partition coefficient (Wildman–Crippen LogP) is 4.49. The zero-order chi connectivity index (χ0) is 15.6. The molecule has 0 saturated carbocycles. The van der Waals surface area contributed by atoms with E-state index in [1.165, 1.54) is 11.1 Å². The summed E-state index contributed by atoms with van der Waals surface area (Å²) < 4.78 is 0. The smallest absolute Gasteiger partial charge is 0.129 e. The Balaban J connectivity index is 1.81. The normalized spacial score (nSPS) is 23.5. The molecule has 0 radical (unpaired) electrons. The molecule has 0 amide bonds. The van der Waals surface area contributed by atoms with E-state index in [-0.39, 0.29) is 0 Å². The molecule has 3 rings (SSSR count). The van der Waals surface area contributed by atoms with E-state index < -0.39 is 8.07 Å². The molecule has 1 nitrogen and oxygen atoms in total. The Bertz CT molecular complexity index is 676.